The van der Waals surface area contributed by atoms with Crippen molar-refractivity contribution in [3.8, 4) is 0 Å². The van der Waals surface area contributed by atoms with Crippen LogP contribution in [0.1, 0.15) is 200 Å². The van der Waals surface area contributed by atoms with Gasteiger partial charge in [-0.2, -0.15) is 4.98 Å². The Morgan fingerprint density at radius 1 is 0.746 bits per heavy atom. The van der Waals surface area contributed by atoms with E-state index in [1.54, 1.807) is 0 Å². The highest BCUT2D eigenvalue weighted by Gasteiger charge is 2.47. The van der Waals surface area contributed by atoms with Crippen LogP contribution in [0.2, 0.25) is 0 Å². The van der Waals surface area contributed by atoms with Crippen LogP contribution in [0.4, 0.5) is 5.82 Å². The maximum atomic E-state index is 12.1. The summed E-state index contributed by atoms with van der Waals surface area (Å²) in [5.41, 5.74) is 4.55. The zero-order valence-corrected chi connectivity index (χ0v) is 40.0. The van der Waals surface area contributed by atoms with E-state index in [9.17, 15) is 38.8 Å². The van der Waals surface area contributed by atoms with E-state index in [4.69, 9.17) is 24.8 Å². The number of nitrogen functional groups attached to an aromatic ring is 1. The summed E-state index contributed by atoms with van der Waals surface area (Å²) in [5, 5.41) is 29.3. The fraction of sp³-hybridized carbons (Fsp3) is 0.864. The summed E-state index contributed by atoms with van der Waals surface area (Å²) in [6, 6.07) is 1.30. The first-order chi connectivity index (χ1) is 30.4. The van der Waals surface area contributed by atoms with E-state index in [0.717, 1.165) is 36.7 Å². The van der Waals surface area contributed by atoms with Crippen molar-refractivity contribution >= 4 is 34.3 Å². The van der Waals surface area contributed by atoms with Gasteiger partial charge in [0.2, 0.25) is 0 Å². The normalized spacial score (nSPS) is 18.1. The SMILES string of the molecule is CCCCCCCCCCCCCCCC(=O)OCC(CO)OC(=O)CCCCCCCCCCCCCCC.Nc1ccn([C@@H]2O[C@H](CO[P+](=O)O[P+](=O)O)[C@@H](O)[C@H]2O)c(=O)n1. The minimum Gasteiger partial charge on any atom is -0.462 e. The van der Waals surface area contributed by atoms with Gasteiger partial charge in [0.15, 0.2) is 16.6 Å². The zero-order valence-electron chi connectivity index (χ0n) is 38.2. The van der Waals surface area contributed by atoms with E-state index < -0.39 is 59.5 Å². The first-order valence-electron chi connectivity index (χ1n) is 23.7. The molecule has 1 aliphatic heterocycles. The van der Waals surface area contributed by atoms with Crippen molar-refractivity contribution in [2.45, 2.75) is 224 Å². The van der Waals surface area contributed by atoms with Gasteiger partial charge in [-0.3, -0.25) is 14.2 Å². The molecule has 0 saturated carbocycles. The smallest absolute Gasteiger partial charge is 0.462 e. The summed E-state index contributed by atoms with van der Waals surface area (Å²) in [6.07, 6.45) is 28.8. The maximum Gasteiger partial charge on any atom is 0.747 e. The van der Waals surface area contributed by atoms with Gasteiger partial charge in [-0.25, -0.2) is 4.79 Å². The first kappa shape index (κ1) is 58.6. The molecule has 1 aliphatic rings. The third-order valence-corrected chi connectivity index (χ3v) is 12.3. The lowest BCUT2D eigenvalue weighted by Gasteiger charge is -2.16. The summed E-state index contributed by atoms with van der Waals surface area (Å²) < 4.78 is 46.8. The number of ether oxygens (including phenoxy) is 3. The van der Waals surface area contributed by atoms with Crippen LogP contribution in [-0.2, 0) is 41.8 Å². The molecule has 0 amide bonds. The molecule has 1 aromatic rings. The average molecular weight is 938 g/mol. The minimum atomic E-state index is -3.11. The number of carbonyl (C=O) groups is 2. The molecule has 1 saturated heterocycles. The Labute approximate surface area is 377 Å². The summed E-state index contributed by atoms with van der Waals surface area (Å²) in [5.74, 6) is -0.602. The van der Waals surface area contributed by atoms with Crippen LogP contribution in [0.5, 0.6) is 0 Å². The van der Waals surface area contributed by atoms with Gasteiger partial charge in [0.25, 0.3) is 0 Å². The molecule has 1 aromatic heterocycles. The fourth-order valence-corrected chi connectivity index (χ4v) is 8.05. The molecule has 0 spiro atoms. The highest BCUT2D eigenvalue weighted by Crippen LogP contribution is 2.37. The van der Waals surface area contributed by atoms with E-state index in [1.165, 1.54) is 147 Å². The van der Waals surface area contributed by atoms with Crippen molar-refractivity contribution in [3.05, 3.63) is 22.7 Å². The van der Waals surface area contributed by atoms with Crippen LogP contribution in [0.3, 0.4) is 0 Å². The average Bonchev–Trinajstić information content (AvgIpc) is 3.53. The predicted octanol–water partition coefficient (Wildman–Crippen LogP) is 9.18. The quantitative estimate of drug-likeness (QED) is 0.0235. The van der Waals surface area contributed by atoms with Crippen LogP contribution in [0.25, 0.3) is 0 Å². The second-order valence-corrected chi connectivity index (χ2v) is 18.2. The number of nitrogens with two attached hydrogens (primary N) is 1. The molecule has 0 aromatic carbocycles. The summed E-state index contributed by atoms with van der Waals surface area (Å²) >= 11 is 0. The van der Waals surface area contributed by atoms with Gasteiger partial charge >= 0.3 is 34.1 Å². The van der Waals surface area contributed by atoms with E-state index >= 15 is 0 Å². The van der Waals surface area contributed by atoms with Crippen molar-refractivity contribution < 1.29 is 62.0 Å². The Hall–Kier alpha value is -2.46. The molecule has 7 atom stereocenters. The van der Waals surface area contributed by atoms with Crippen LogP contribution >= 0.6 is 16.5 Å². The molecular formula is C44H81N3O14P2+2. The topological polar surface area (TPSA) is 256 Å². The summed E-state index contributed by atoms with van der Waals surface area (Å²) in [6.45, 7) is 3.63. The van der Waals surface area contributed by atoms with Crippen molar-refractivity contribution in [2.75, 3.05) is 25.6 Å². The van der Waals surface area contributed by atoms with Gasteiger partial charge in [0.05, 0.1) is 6.61 Å². The number of nitrogens with zero attached hydrogens (tertiary/aromatic N) is 2. The molecule has 1 fully saturated rings. The molecule has 17 nitrogen and oxygen atoms in total. The molecular weight excluding hydrogens is 856 g/mol. The number of hydrogen-bond donors (Lipinski definition) is 5. The number of aliphatic hydroxyl groups is 3. The molecule has 2 heterocycles. The zero-order chi connectivity index (χ0) is 46.5. The lowest BCUT2D eigenvalue weighted by molar-refractivity contribution is -0.161. The third kappa shape index (κ3) is 30.4. The molecule has 19 heteroatoms. The number of hydrogen-bond acceptors (Lipinski definition) is 15. The second-order valence-electron chi connectivity index (χ2n) is 16.4. The monoisotopic (exact) mass is 938 g/mol. The standard InChI is InChI=1S/C35H68O5.C9H11N3O9P2/c1-3-5-7-9-11-13-15-17-19-21-23-25-27-29-34(37)39-32-33(31-36)40-35(38)30-28-26-24-22-20-18-16-14-12-10-8-6-4-2;10-5-1-2-12(9(15)11-5)8-7(14)6(13)4(20-8)3-19-23(18)21-22(16)17/h33,36H,3-32H2,1-2H3;1-2,4,6-8,13-14H,3H2,(H-2,10,11,15,16,17)/p+2/t;4-,6-,7-,8-/m.1/s1. The Balaban J connectivity index is 0.000000723. The van der Waals surface area contributed by atoms with Crippen LogP contribution in [-0.4, -0.2) is 85.9 Å². The van der Waals surface area contributed by atoms with E-state index in [2.05, 4.69) is 27.7 Å². The van der Waals surface area contributed by atoms with Gasteiger partial charge in [-0.05, 0) is 18.9 Å². The van der Waals surface area contributed by atoms with E-state index in [1.807, 2.05) is 0 Å². The van der Waals surface area contributed by atoms with Crippen molar-refractivity contribution in [1.82, 2.24) is 9.55 Å². The molecule has 3 unspecified atom stereocenters. The molecule has 0 aliphatic carbocycles. The van der Waals surface area contributed by atoms with Gasteiger partial charge < -0.3 is 35.3 Å². The molecule has 6 N–H and O–H groups in total. The number of rotatable bonds is 38. The van der Waals surface area contributed by atoms with E-state index in [0.29, 0.717) is 12.8 Å². The summed E-state index contributed by atoms with van der Waals surface area (Å²) in [4.78, 5) is 47.7. The highest BCUT2D eigenvalue weighted by atomic mass is 31.2. The number of aliphatic hydroxyl groups excluding tert-OH is 3. The molecule has 2 rings (SSSR count). The van der Waals surface area contributed by atoms with Crippen LogP contribution < -0.4 is 11.4 Å². The van der Waals surface area contributed by atoms with Crippen LogP contribution in [0.15, 0.2) is 17.1 Å². The number of unbranched alkanes of at least 4 members (excludes halogenated alkanes) is 24. The van der Waals surface area contributed by atoms with Crippen molar-refractivity contribution in [3.63, 3.8) is 0 Å². The minimum absolute atomic E-state index is 0.0218. The molecule has 0 radical (unpaired) electrons. The van der Waals surface area contributed by atoms with Crippen molar-refractivity contribution in [2.24, 2.45) is 0 Å². The van der Waals surface area contributed by atoms with E-state index in [-0.39, 0.29) is 31.0 Å². The Morgan fingerprint density at radius 3 is 1.62 bits per heavy atom. The largest absolute Gasteiger partial charge is 0.747 e. The Bertz CT molecular complexity index is 1420. The first-order valence-corrected chi connectivity index (χ1v) is 25.9. The van der Waals surface area contributed by atoms with Crippen molar-refractivity contribution in [1.29, 1.82) is 0 Å². The van der Waals surface area contributed by atoms with Gasteiger partial charge in [0, 0.05) is 28.2 Å². The Morgan fingerprint density at radius 2 is 1.19 bits per heavy atom. The van der Waals surface area contributed by atoms with Gasteiger partial charge in [-0.15, -0.1) is 9.42 Å². The summed E-state index contributed by atoms with van der Waals surface area (Å²) in [7, 11) is -6.02. The predicted molar refractivity (Wildman–Crippen MR) is 242 cm³/mol. The van der Waals surface area contributed by atoms with Crippen LogP contribution in [0, 0.1) is 0 Å². The molecule has 63 heavy (non-hydrogen) atoms. The number of esters is 2. The molecule has 364 valence electrons. The fourth-order valence-electron chi connectivity index (χ4n) is 7.13. The van der Waals surface area contributed by atoms with Gasteiger partial charge in [-0.1, -0.05) is 168 Å². The number of anilines is 1. The lowest BCUT2D eigenvalue weighted by Crippen LogP contribution is -2.36. The lowest BCUT2D eigenvalue weighted by atomic mass is 10.0. The third-order valence-electron chi connectivity index (χ3n) is 10.8. The maximum absolute atomic E-state index is 12.1. The Kier molecular flexibility index (Phi) is 36.0. The van der Waals surface area contributed by atoms with Gasteiger partial charge in [0.1, 0.15) is 37.3 Å². The number of carbonyl (C=O) groups excluding carboxylic acids is 2. The number of aromatic nitrogens is 2. The second kappa shape index (κ2) is 38.8. The highest BCUT2D eigenvalue weighted by molar-refractivity contribution is 7.47. The molecule has 0 bridgehead atoms.